The summed E-state index contributed by atoms with van der Waals surface area (Å²) in [6.07, 6.45) is 0. The molecule has 13 aromatic rings. The summed E-state index contributed by atoms with van der Waals surface area (Å²) in [5.74, 6) is 0. The number of nitrogens with zero attached hydrogens (tertiary/aromatic N) is 2. The maximum absolute atomic E-state index is 3.40. The molecule has 0 aliphatic carbocycles. The molecule has 3 heterocycles. The third-order valence-electron chi connectivity index (χ3n) is 20.1. The second kappa shape index (κ2) is 21.9. The van der Waals surface area contributed by atoms with Gasteiger partial charge in [-0.3, -0.25) is 0 Å². The molecule has 0 radical (unpaired) electrons. The third-order valence-corrected chi connectivity index (χ3v) is 25.0. The van der Waals surface area contributed by atoms with Gasteiger partial charge in [0.15, 0.2) is 8.07 Å². The number of para-hydroxylation sites is 1. The van der Waals surface area contributed by atoms with Gasteiger partial charge in [0.1, 0.15) is 0 Å². The maximum atomic E-state index is 2.73. The number of rotatable bonds is 8. The van der Waals surface area contributed by atoms with Crippen LogP contribution in [0.25, 0.3) is 72.0 Å². The van der Waals surface area contributed by atoms with Crippen LogP contribution in [0.1, 0.15) is 105 Å². The number of fused-ring (bicyclic) bond motifs is 7. The fourth-order valence-electron chi connectivity index (χ4n) is 15.2. The zero-order chi connectivity index (χ0) is 63.6. The first kappa shape index (κ1) is 58.9. The molecular formula is C88H81BN2Si. The molecule has 450 valence electrons. The van der Waals surface area contributed by atoms with Crippen molar-refractivity contribution in [2.45, 2.75) is 105 Å². The highest BCUT2D eigenvalue weighted by Gasteiger charge is 2.54. The van der Waals surface area contributed by atoms with Crippen molar-refractivity contribution in [1.29, 1.82) is 0 Å². The number of hydrogen-bond acceptors (Lipinski definition) is 1. The summed E-state index contributed by atoms with van der Waals surface area (Å²) in [6.45, 7) is 28.0. The van der Waals surface area contributed by atoms with Gasteiger partial charge in [-0.2, -0.15) is 0 Å². The van der Waals surface area contributed by atoms with Gasteiger partial charge >= 0.3 is 0 Å². The topological polar surface area (TPSA) is 8.17 Å². The van der Waals surface area contributed by atoms with Crippen molar-refractivity contribution in [2.75, 3.05) is 4.90 Å². The van der Waals surface area contributed by atoms with Gasteiger partial charge in [-0.1, -0.05) is 313 Å². The SMILES string of the molecule is CC(C)(C)c1cc(-c2ccc3c(c2)N(c2c(-c4ccccc4)cccc2-c2ccccc2)c2cc(-c4ccccc4)cc4c2B3c2ccc(-n3c5ccc(C(C)(C)C)cc5c5cc(C(C)(C)C)ccc53)cc2[Si]4(c2ccccc2)c2ccccc2)cc(C(C)(C)C)c1. The minimum absolute atomic E-state index is 0.0251. The van der Waals surface area contributed by atoms with Crippen LogP contribution in [-0.4, -0.2) is 19.4 Å². The van der Waals surface area contributed by atoms with Crippen LogP contribution in [0.15, 0.2) is 273 Å². The molecule has 0 fully saturated rings. The Morgan fingerprint density at radius 3 is 1.24 bits per heavy atom. The summed E-state index contributed by atoms with van der Waals surface area (Å²) in [5, 5.41) is 8.13. The van der Waals surface area contributed by atoms with Gasteiger partial charge in [0.05, 0.1) is 16.7 Å². The summed E-state index contributed by atoms with van der Waals surface area (Å²) >= 11 is 0. The normalized spacial score (nSPS) is 13.7. The third kappa shape index (κ3) is 9.75. The zero-order valence-electron chi connectivity index (χ0n) is 55.5. The Morgan fingerprint density at radius 1 is 0.304 bits per heavy atom. The largest absolute Gasteiger partial charge is 0.310 e. The summed E-state index contributed by atoms with van der Waals surface area (Å²) in [4.78, 5) is 2.73. The monoisotopic (exact) mass is 1200 g/mol. The number of hydrogen-bond donors (Lipinski definition) is 0. The van der Waals surface area contributed by atoms with Crippen LogP contribution in [0.3, 0.4) is 0 Å². The highest BCUT2D eigenvalue weighted by molar-refractivity contribution is 7.26. The minimum Gasteiger partial charge on any atom is -0.310 e. The van der Waals surface area contributed by atoms with Crippen molar-refractivity contribution in [2.24, 2.45) is 0 Å². The molecule has 0 N–H and O–H groups in total. The molecule has 0 unspecified atom stereocenters. The van der Waals surface area contributed by atoms with E-state index in [1.807, 2.05) is 0 Å². The molecular weight excluding hydrogens is 1120 g/mol. The van der Waals surface area contributed by atoms with Crippen LogP contribution in [-0.2, 0) is 21.7 Å². The molecule has 4 heteroatoms. The van der Waals surface area contributed by atoms with E-state index < -0.39 is 8.07 Å². The lowest BCUT2D eigenvalue weighted by molar-refractivity contribution is 0.569. The standard InChI is InChI=1S/C88H81BN2Si/c1-85(2,3)64-42-47-77-73(55-64)74-56-65(86(4,5)6)43-48-78(74)90(77)68-44-46-76-81(57-68)92(69-35-24-16-25-36-69,70-37-26-17-27-38-70)82-53-63(58-29-18-13-19-30-58)52-80-83(82)89(76)75-45-41-61(62-49-66(87(7,8)9)54-67(50-62)88(10,11)12)51-79(75)91(80)84-71(59-31-20-14-21-32-59)39-28-40-72(84)60-33-22-15-23-34-60/h13-57H,1-12H3. The molecule has 92 heavy (non-hydrogen) atoms. The first-order valence-corrected chi connectivity index (χ1v) is 35.1. The average molecular weight is 1210 g/mol. The van der Waals surface area contributed by atoms with Crippen LogP contribution in [0.2, 0.25) is 0 Å². The molecule has 12 aromatic carbocycles. The fraction of sp³-hybridized carbons (Fsp3) is 0.182. The molecule has 15 rings (SSSR count). The Hall–Kier alpha value is -9.48. The molecule has 2 aliphatic heterocycles. The Morgan fingerprint density at radius 2 is 0.750 bits per heavy atom. The first-order valence-electron chi connectivity index (χ1n) is 33.1. The molecule has 0 bridgehead atoms. The van der Waals surface area contributed by atoms with Crippen molar-refractivity contribution >= 4 is 90.8 Å². The van der Waals surface area contributed by atoms with Crippen LogP contribution in [0.5, 0.6) is 0 Å². The molecule has 2 nitrogen and oxygen atoms in total. The Kier molecular flexibility index (Phi) is 14.0. The van der Waals surface area contributed by atoms with Crippen molar-refractivity contribution in [3.8, 4) is 50.2 Å². The second-order valence-electron chi connectivity index (χ2n) is 30.2. The van der Waals surface area contributed by atoms with E-state index in [0.29, 0.717) is 0 Å². The highest BCUT2D eigenvalue weighted by atomic mass is 28.3. The van der Waals surface area contributed by atoms with Gasteiger partial charge in [0.25, 0.3) is 0 Å². The Bertz CT molecular complexity index is 4800. The fourth-order valence-corrected chi connectivity index (χ4v) is 20.5. The van der Waals surface area contributed by atoms with E-state index in [1.54, 1.807) is 0 Å². The number of aromatic nitrogens is 1. The van der Waals surface area contributed by atoms with Crippen LogP contribution in [0.4, 0.5) is 17.1 Å². The van der Waals surface area contributed by atoms with Crippen molar-refractivity contribution in [3.05, 3.63) is 295 Å². The van der Waals surface area contributed by atoms with E-state index in [2.05, 4.69) is 366 Å². The summed E-state index contributed by atoms with van der Waals surface area (Å²) in [7, 11) is -3.40. The van der Waals surface area contributed by atoms with E-state index in [-0.39, 0.29) is 28.4 Å². The maximum Gasteiger partial charge on any atom is 0.246 e. The van der Waals surface area contributed by atoms with Crippen molar-refractivity contribution in [1.82, 2.24) is 4.57 Å². The molecule has 0 spiro atoms. The smallest absolute Gasteiger partial charge is 0.246 e. The molecule has 0 atom stereocenters. The lowest BCUT2D eigenvalue weighted by atomic mass is 9.34. The van der Waals surface area contributed by atoms with Gasteiger partial charge < -0.3 is 9.47 Å². The van der Waals surface area contributed by atoms with E-state index in [1.165, 1.54) is 143 Å². The Labute approximate surface area is 547 Å². The highest BCUT2D eigenvalue weighted by Crippen LogP contribution is 2.49. The number of benzene rings is 12. The predicted molar refractivity (Wildman–Crippen MR) is 400 cm³/mol. The van der Waals surface area contributed by atoms with E-state index in [0.717, 1.165) is 5.69 Å². The Balaban J connectivity index is 1.12. The lowest BCUT2D eigenvalue weighted by Gasteiger charge is -2.48. The molecule has 0 saturated carbocycles. The van der Waals surface area contributed by atoms with Gasteiger partial charge in [-0.15, -0.1) is 0 Å². The molecule has 0 amide bonds. The van der Waals surface area contributed by atoms with Gasteiger partial charge in [0.2, 0.25) is 6.71 Å². The van der Waals surface area contributed by atoms with Gasteiger partial charge in [-0.05, 0) is 157 Å². The minimum atomic E-state index is -3.40. The lowest BCUT2D eigenvalue weighted by Crippen LogP contribution is -2.87. The molecule has 2 aliphatic rings. The molecule has 0 saturated heterocycles. The van der Waals surface area contributed by atoms with Crippen LogP contribution >= 0.6 is 0 Å². The average Bonchev–Trinajstić information content (AvgIpc) is 0.735. The zero-order valence-corrected chi connectivity index (χ0v) is 56.5. The quantitative estimate of drug-likeness (QED) is 0.138. The van der Waals surface area contributed by atoms with Crippen LogP contribution < -0.4 is 42.0 Å². The summed E-state index contributed by atoms with van der Waals surface area (Å²) < 4.78 is 2.59. The van der Waals surface area contributed by atoms with E-state index >= 15 is 0 Å². The second-order valence-corrected chi connectivity index (χ2v) is 33.9. The van der Waals surface area contributed by atoms with E-state index in [9.17, 15) is 0 Å². The van der Waals surface area contributed by atoms with Crippen LogP contribution in [0, 0.1) is 0 Å². The summed E-state index contributed by atoms with van der Waals surface area (Å²) in [6, 6.07) is 106. The van der Waals surface area contributed by atoms with E-state index in [4.69, 9.17) is 0 Å². The first-order chi connectivity index (χ1) is 44.2. The van der Waals surface area contributed by atoms with Crippen molar-refractivity contribution < 1.29 is 0 Å². The van der Waals surface area contributed by atoms with Crippen molar-refractivity contribution in [3.63, 3.8) is 0 Å². The molecule has 1 aromatic heterocycles. The summed E-state index contributed by atoms with van der Waals surface area (Å²) in [5.41, 5.74) is 25.9. The number of anilines is 3. The van der Waals surface area contributed by atoms with Gasteiger partial charge in [-0.25, -0.2) is 0 Å². The predicted octanol–water partition coefficient (Wildman–Crippen LogP) is 18.6. The van der Waals surface area contributed by atoms with Gasteiger partial charge in [0, 0.05) is 39.0 Å².